The number of methoxy groups -OCH3 is 1. The molecule has 0 saturated carbocycles. The fraction of sp³-hybridized carbons (Fsp3) is 0.533. The lowest BCUT2D eigenvalue weighted by Gasteiger charge is -2.32. The predicted octanol–water partition coefficient (Wildman–Crippen LogP) is 1.05. The van der Waals surface area contributed by atoms with Gasteiger partial charge in [0, 0.05) is 37.3 Å². The van der Waals surface area contributed by atoms with Crippen molar-refractivity contribution in [2.75, 3.05) is 26.8 Å². The fourth-order valence-electron chi connectivity index (χ4n) is 2.47. The molecule has 1 aromatic rings. The van der Waals surface area contributed by atoms with Crippen molar-refractivity contribution in [3.05, 3.63) is 35.1 Å². The first-order valence-electron chi connectivity index (χ1n) is 7.01. The highest BCUT2D eigenvalue weighted by Gasteiger charge is 2.24. The molecule has 1 heterocycles. The summed E-state index contributed by atoms with van der Waals surface area (Å²) < 4.78 is 24.4. The van der Waals surface area contributed by atoms with Crippen LogP contribution in [0.2, 0.25) is 0 Å². The quantitative estimate of drug-likeness (QED) is 0.823. The van der Waals surface area contributed by atoms with Crippen LogP contribution in [0.1, 0.15) is 17.5 Å². The minimum atomic E-state index is -0.293. The Morgan fingerprint density at radius 3 is 3.00 bits per heavy atom. The van der Waals surface area contributed by atoms with E-state index in [9.17, 15) is 9.18 Å². The number of nitrogens with two attached hydrogens (primary N) is 1. The van der Waals surface area contributed by atoms with Crippen LogP contribution in [0.5, 0.6) is 0 Å². The van der Waals surface area contributed by atoms with Crippen LogP contribution < -0.4 is 5.73 Å². The minimum Gasteiger partial charge on any atom is -0.469 e. The molecule has 0 amide bonds. The standard InChI is InChI=1S/C15H21FN2O3/c1-20-14(19)7-13-10-18(5-6-21-13)9-12-4-2-3-11(8-17)15(12)16/h2-4,13H,5-10,17H2,1H3. The first-order valence-corrected chi connectivity index (χ1v) is 7.01. The number of carbonyl (C=O) groups excluding carboxylic acids is 1. The highest BCUT2D eigenvalue weighted by Crippen LogP contribution is 2.17. The molecule has 6 heteroatoms. The molecular weight excluding hydrogens is 275 g/mol. The van der Waals surface area contributed by atoms with Crippen LogP contribution in [-0.4, -0.2) is 43.8 Å². The Hall–Kier alpha value is -1.50. The molecule has 2 rings (SSSR count). The molecule has 1 aliphatic heterocycles. The molecule has 1 fully saturated rings. The molecule has 0 spiro atoms. The van der Waals surface area contributed by atoms with Crippen LogP contribution in [0.15, 0.2) is 18.2 Å². The molecular formula is C15H21FN2O3. The number of hydrogen-bond donors (Lipinski definition) is 1. The molecule has 2 N–H and O–H groups in total. The highest BCUT2D eigenvalue weighted by atomic mass is 19.1. The van der Waals surface area contributed by atoms with Crippen LogP contribution in [0.3, 0.4) is 0 Å². The third-order valence-electron chi connectivity index (χ3n) is 3.62. The number of nitrogens with zero attached hydrogens (tertiary/aromatic N) is 1. The van der Waals surface area contributed by atoms with Gasteiger partial charge in [0.1, 0.15) is 5.82 Å². The molecule has 116 valence electrons. The normalized spacial score (nSPS) is 19.5. The minimum absolute atomic E-state index is 0.188. The molecule has 1 saturated heterocycles. The average molecular weight is 296 g/mol. The molecule has 1 aromatic carbocycles. The van der Waals surface area contributed by atoms with Crippen molar-refractivity contribution >= 4 is 5.97 Å². The van der Waals surface area contributed by atoms with Crippen molar-refractivity contribution in [2.45, 2.75) is 25.6 Å². The van der Waals surface area contributed by atoms with E-state index in [1.807, 2.05) is 6.07 Å². The Morgan fingerprint density at radius 1 is 1.52 bits per heavy atom. The summed E-state index contributed by atoms with van der Waals surface area (Å²) >= 11 is 0. The van der Waals surface area contributed by atoms with Gasteiger partial charge in [0.05, 0.1) is 26.2 Å². The summed E-state index contributed by atoms with van der Waals surface area (Å²) in [7, 11) is 1.36. The number of esters is 1. The van der Waals surface area contributed by atoms with Crippen molar-refractivity contribution in [3.8, 4) is 0 Å². The average Bonchev–Trinajstić information content (AvgIpc) is 2.49. The number of halogens is 1. The maximum atomic E-state index is 14.2. The van der Waals surface area contributed by atoms with E-state index in [0.29, 0.717) is 37.4 Å². The van der Waals surface area contributed by atoms with Gasteiger partial charge in [0.2, 0.25) is 0 Å². The van der Waals surface area contributed by atoms with Crippen molar-refractivity contribution in [1.82, 2.24) is 4.90 Å². The van der Waals surface area contributed by atoms with Gasteiger partial charge in [-0.25, -0.2) is 4.39 Å². The number of rotatable bonds is 5. The molecule has 0 radical (unpaired) electrons. The van der Waals surface area contributed by atoms with Gasteiger partial charge in [-0.3, -0.25) is 9.69 Å². The fourth-order valence-corrected chi connectivity index (χ4v) is 2.47. The summed E-state index contributed by atoms with van der Waals surface area (Å²) in [6, 6.07) is 5.27. The summed E-state index contributed by atoms with van der Waals surface area (Å²) in [6.07, 6.45) is 0.0187. The smallest absolute Gasteiger partial charge is 0.308 e. The maximum absolute atomic E-state index is 14.2. The van der Waals surface area contributed by atoms with Crippen molar-refractivity contribution in [3.63, 3.8) is 0 Å². The Morgan fingerprint density at radius 2 is 2.29 bits per heavy atom. The summed E-state index contributed by atoms with van der Waals surface area (Å²) in [5, 5.41) is 0. The molecule has 21 heavy (non-hydrogen) atoms. The molecule has 0 aromatic heterocycles. The van der Waals surface area contributed by atoms with Gasteiger partial charge >= 0.3 is 5.97 Å². The monoisotopic (exact) mass is 296 g/mol. The Labute approximate surface area is 123 Å². The van der Waals surface area contributed by atoms with E-state index in [1.165, 1.54) is 7.11 Å². The van der Waals surface area contributed by atoms with Crippen LogP contribution in [-0.2, 0) is 27.4 Å². The summed E-state index contributed by atoms with van der Waals surface area (Å²) in [4.78, 5) is 13.4. The zero-order valence-electron chi connectivity index (χ0n) is 12.2. The van der Waals surface area contributed by atoms with Crippen LogP contribution in [0, 0.1) is 5.82 Å². The topological polar surface area (TPSA) is 64.8 Å². The first kappa shape index (κ1) is 15.9. The molecule has 1 atom stereocenters. The van der Waals surface area contributed by atoms with Gasteiger partial charge in [-0.1, -0.05) is 18.2 Å². The lowest BCUT2D eigenvalue weighted by molar-refractivity contribution is -0.145. The molecule has 1 aliphatic rings. The van der Waals surface area contributed by atoms with E-state index in [1.54, 1.807) is 12.1 Å². The van der Waals surface area contributed by atoms with E-state index < -0.39 is 0 Å². The Bertz CT molecular complexity index is 496. The first-order chi connectivity index (χ1) is 10.1. The number of ether oxygens (including phenoxy) is 2. The van der Waals surface area contributed by atoms with E-state index >= 15 is 0 Å². The lowest BCUT2D eigenvalue weighted by atomic mass is 10.1. The van der Waals surface area contributed by atoms with E-state index in [0.717, 1.165) is 0 Å². The lowest BCUT2D eigenvalue weighted by Crippen LogP contribution is -2.43. The predicted molar refractivity (Wildman–Crippen MR) is 75.9 cm³/mol. The van der Waals surface area contributed by atoms with Crippen molar-refractivity contribution in [1.29, 1.82) is 0 Å². The zero-order valence-corrected chi connectivity index (χ0v) is 12.2. The van der Waals surface area contributed by atoms with E-state index in [2.05, 4.69) is 9.64 Å². The van der Waals surface area contributed by atoms with Crippen LogP contribution in [0.4, 0.5) is 4.39 Å². The third-order valence-corrected chi connectivity index (χ3v) is 3.62. The molecule has 0 bridgehead atoms. The van der Waals surface area contributed by atoms with Gasteiger partial charge < -0.3 is 15.2 Å². The second-order valence-electron chi connectivity index (χ2n) is 5.10. The zero-order chi connectivity index (χ0) is 15.2. The van der Waals surface area contributed by atoms with Crippen LogP contribution in [0.25, 0.3) is 0 Å². The van der Waals surface area contributed by atoms with Gasteiger partial charge in [-0.05, 0) is 0 Å². The maximum Gasteiger partial charge on any atom is 0.308 e. The Kier molecular flexibility index (Phi) is 5.67. The molecule has 0 aliphatic carbocycles. The second kappa shape index (κ2) is 7.49. The third kappa shape index (κ3) is 4.23. The number of hydrogen-bond acceptors (Lipinski definition) is 5. The highest BCUT2D eigenvalue weighted by molar-refractivity contribution is 5.69. The van der Waals surface area contributed by atoms with Crippen molar-refractivity contribution in [2.24, 2.45) is 5.73 Å². The molecule has 1 unspecified atom stereocenters. The largest absolute Gasteiger partial charge is 0.469 e. The summed E-state index contributed by atoms with van der Waals surface area (Å²) in [6.45, 7) is 2.50. The van der Waals surface area contributed by atoms with Crippen molar-refractivity contribution < 1.29 is 18.7 Å². The van der Waals surface area contributed by atoms with E-state index in [4.69, 9.17) is 10.5 Å². The number of morpholine rings is 1. The summed E-state index contributed by atoms with van der Waals surface area (Å²) in [5.74, 6) is -0.533. The van der Waals surface area contributed by atoms with Gasteiger partial charge in [0.15, 0.2) is 0 Å². The number of carbonyl (C=O) groups is 1. The number of benzene rings is 1. The Balaban J connectivity index is 1.98. The SMILES string of the molecule is COC(=O)CC1CN(Cc2cccc(CN)c2F)CCO1. The summed E-state index contributed by atoms with van der Waals surface area (Å²) in [5.41, 5.74) is 6.66. The van der Waals surface area contributed by atoms with Crippen LogP contribution >= 0.6 is 0 Å². The second-order valence-corrected chi connectivity index (χ2v) is 5.10. The van der Waals surface area contributed by atoms with Gasteiger partial charge in [0.25, 0.3) is 0 Å². The van der Waals surface area contributed by atoms with E-state index in [-0.39, 0.29) is 30.9 Å². The van der Waals surface area contributed by atoms with Gasteiger partial charge in [-0.2, -0.15) is 0 Å². The molecule has 5 nitrogen and oxygen atoms in total. The van der Waals surface area contributed by atoms with Gasteiger partial charge in [-0.15, -0.1) is 0 Å².